The highest BCUT2D eigenvalue weighted by Crippen LogP contribution is 2.28. The van der Waals surface area contributed by atoms with Crippen molar-refractivity contribution in [2.24, 2.45) is 0 Å². The van der Waals surface area contributed by atoms with Gasteiger partial charge in [-0.25, -0.2) is 8.78 Å². The molecule has 1 atom stereocenters. The second-order valence-corrected chi connectivity index (χ2v) is 5.07. The zero-order valence-corrected chi connectivity index (χ0v) is 12.1. The SMILES string of the molecule is CCNC(c1ccc(Cl)c(C)c1)c1cc(F)ccc1F. The molecule has 0 radical (unpaired) electrons. The summed E-state index contributed by atoms with van der Waals surface area (Å²) in [6.07, 6.45) is 0. The minimum atomic E-state index is -0.449. The van der Waals surface area contributed by atoms with Crippen LogP contribution in [-0.2, 0) is 0 Å². The molecule has 0 saturated carbocycles. The largest absolute Gasteiger partial charge is 0.306 e. The van der Waals surface area contributed by atoms with Gasteiger partial charge in [0.05, 0.1) is 6.04 Å². The molecule has 0 aliphatic rings. The normalized spacial score (nSPS) is 12.4. The average Bonchev–Trinajstić information content (AvgIpc) is 2.42. The van der Waals surface area contributed by atoms with Gasteiger partial charge in [-0.05, 0) is 48.9 Å². The van der Waals surface area contributed by atoms with Crippen molar-refractivity contribution in [2.75, 3.05) is 6.54 Å². The van der Waals surface area contributed by atoms with E-state index in [4.69, 9.17) is 11.6 Å². The van der Waals surface area contributed by atoms with Gasteiger partial charge in [-0.3, -0.25) is 0 Å². The van der Waals surface area contributed by atoms with E-state index >= 15 is 0 Å². The molecule has 0 aliphatic carbocycles. The van der Waals surface area contributed by atoms with E-state index in [-0.39, 0.29) is 0 Å². The smallest absolute Gasteiger partial charge is 0.128 e. The van der Waals surface area contributed by atoms with Crippen LogP contribution in [0.5, 0.6) is 0 Å². The second-order valence-electron chi connectivity index (χ2n) is 4.67. The lowest BCUT2D eigenvalue weighted by Gasteiger charge is -2.20. The zero-order valence-electron chi connectivity index (χ0n) is 11.4. The Morgan fingerprint density at radius 1 is 1.15 bits per heavy atom. The first-order valence-corrected chi connectivity index (χ1v) is 6.85. The van der Waals surface area contributed by atoms with E-state index in [1.807, 2.05) is 26.0 Å². The summed E-state index contributed by atoms with van der Waals surface area (Å²) in [5, 5.41) is 3.84. The van der Waals surface area contributed by atoms with Gasteiger partial charge >= 0.3 is 0 Å². The molecule has 0 spiro atoms. The lowest BCUT2D eigenvalue weighted by molar-refractivity contribution is 0.544. The highest BCUT2D eigenvalue weighted by molar-refractivity contribution is 6.31. The first-order valence-electron chi connectivity index (χ1n) is 6.47. The van der Waals surface area contributed by atoms with Crippen LogP contribution >= 0.6 is 11.6 Å². The number of benzene rings is 2. The van der Waals surface area contributed by atoms with Gasteiger partial charge in [-0.2, -0.15) is 0 Å². The minimum Gasteiger partial charge on any atom is -0.306 e. The van der Waals surface area contributed by atoms with Gasteiger partial charge in [0.25, 0.3) is 0 Å². The Bertz CT molecular complexity index is 613. The Kier molecular flexibility index (Phi) is 4.73. The number of hydrogen-bond donors (Lipinski definition) is 1. The molecule has 0 bridgehead atoms. The zero-order chi connectivity index (χ0) is 14.7. The number of halogens is 3. The molecule has 2 rings (SSSR count). The van der Waals surface area contributed by atoms with Crippen LogP contribution in [0.3, 0.4) is 0 Å². The Morgan fingerprint density at radius 2 is 1.90 bits per heavy atom. The van der Waals surface area contributed by atoms with Crippen molar-refractivity contribution in [1.82, 2.24) is 5.32 Å². The van der Waals surface area contributed by atoms with Crippen molar-refractivity contribution < 1.29 is 8.78 Å². The lowest BCUT2D eigenvalue weighted by Crippen LogP contribution is -2.23. The topological polar surface area (TPSA) is 12.0 Å². The van der Waals surface area contributed by atoms with E-state index in [1.165, 1.54) is 6.07 Å². The van der Waals surface area contributed by atoms with Crippen LogP contribution in [-0.4, -0.2) is 6.54 Å². The van der Waals surface area contributed by atoms with Crippen LogP contribution in [0.25, 0.3) is 0 Å². The molecule has 1 unspecified atom stereocenters. The highest BCUT2D eigenvalue weighted by atomic mass is 35.5. The summed E-state index contributed by atoms with van der Waals surface area (Å²) < 4.78 is 27.4. The first-order chi connectivity index (χ1) is 9.52. The van der Waals surface area contributed by atoms with Crippen molar-refractivity contribution in [1.29, 1.82) is 0 Å². The molecule has 0 saturated heterocycles. The molecular weight excluding hydrogens is 280 g/mol. The van der Waals surface area contributed by atoms with Crippen molar-refractivity contribution in [3.8, 4) is 0 Å². The maximum absolute atomic E-state index is 14.0. The summed E-state index contributed by atoms with van der Waals surface area (Å²) in [5.41, 5.74) is 2.07. The summed E-state index contributed by atoms with van der Waals surface area (Å²) in [5.74, 6) is -0.875. The fraction of sp³-hybridized carbons (Fsp3) is 0.250. The molecule has 0 aromatic heterocycles. The Balaban J connectivity index is 2.49. The molecule has 0 fully saturated rings. The summed E-state index contributed by atoms with van der Waals surface area (Å²) >= 11 is 6.01. The van der Waals surface area contributed by atoms with Crippen molar-refractivity contribution in [3.63, 3.8) is 0 Å². The van der Waals surface area contributed by atoms with E-state index in [2.05, 4.69) is 5.32 Å². The van der Waals surface area contributed by atoms with E-state index in [9.17, 15) is 8.78 Å². The molecule has 20 heavy (non-hydrogen) atoms. The fourth-order valence-electron chi connectivity index (χ4n) is 2.19. The fourth-order valence-corrected chi connectivity index (χ4v) is 2.31. The quantitative estimate of drug-likeness (QED) is 0.867. The highest BCUT2D eigenvalue weighted by Gasteiger charge is 2.18. The Labute approximate surface area is 122 Å². The third kappa shape index (κ3) is 3.17. The maximum atomic E-state index is 14.0. The standard InChI is InChI=1S/C16H16ClF2N/c1-3-20-16(11-4-6-14(17)10(2)8-11)13-9-12(18)5-7-15(13)19/h4-9,16,20H,3H2,1-2H3. The summed E-state index contributed by atoms with van der Waals surface area (Å²) in [7, 11) is 0. The monoisotopic (exact) mass is 295 g/mol. The van der Waals surface area contributed by atoms with Crippen molar-refractivity contribution in [2.45, 2.75) is 19.9 Å². The maximum Gasteiger partial charge on any atom is 0.128 e. The Morgan fingerprint density at radius 3 is 2.55 bits per heavy atom. The van der Waals surface area contributed by atoms with E-state index in [0.29, 0.717) is 17.1 Å². The van der Waals surface area contributed by atoms with E-state index in [0.717, 1.165) is 23.3 Å². The van der Waals surface area contributed by atoms with Crippen molar-refractivity contribution >= 4 is 11.6 Å². The molecule has 0 heterocycles. The summed E-state index contributed by atoms with van der Waals surface area (Å²) in [6.45, 7) is 4.45. The van der Waals surface area contributed by atoms with Crippen LogP contribution < -0.4 is 5.32 Å². The molecular formula is C16H16ClF2N. The first kappa shape index (κ1) is 14.9. The number of rotatable bonds is 4. The van der Waals surface area contributed by atoms with Crippen LogP contribution in [0.15, 0.2) is 36.4 Å². The van der Waals surface area contributed by atoms with Gasteiger partial charge in [-0.15, -0.1) is 0 Å². The lowest BCUT2D eigenvalue weighted by atomic mass is 9.96. The van der Waals surface area contributed by atoms with Gasteiger partial charge < -0.3 is 5.32 Å². The van der Waals surface area contributed by atoms with Crippen LogP contribution in [0.2, 0.25) is 5.02 Å². The van der Waals surface area contributed by atoms with Crippen LogP contribution in [0.4, 0.5) is 8.78 Å². The predicted molar refractivity (Wildman–Crippen MR) is 78.1 cm³/mol. The van der Waals surface area contributed by atoms with Crippen LogP contribution in [0, 0.1) is 18.6 Å². The summed E-state index contributed by atoms with van der Waals surface area (Å²) in [4.78, 5) is 0. The number of aryl methyl sites for hydroxylation is 1. The minimum absolute atomic E-state index is 0.300. The third-order valence-electron chi connectivity index (χ3n) is 3.19. The summed E-state index contributed by atoms with van der Waals surface area (Å²) in [6, 6.07) is 8.59. The molecule has 1 N–H and O–H groups in total. The van der Waals surface area contributed by atoms with E-state index in [1.54, 1.807) is 6.07 Å². The van der Waals surface area contributed by atoms with Crippen molar-refractivity contribution in [3.05, 3.63) is 69.7 Å². The van der Waals surface area contributed by atoms with Gasteiger partial charge in [0.15, 0.2) is 0 Å². The molecule has 2 aromatic rings. The average molecular weight is 296 g/mol. The molecule has 2 aromatic carbocycles. The third-order valence-corrected chi connectivity index (χ3v) is 3.62. The predicted octanol–water partition coefficient (Wildman–Crippen LogP) is 4.63. The molecule has 0 amide bonds. The van der Waals surface area contributed by atoms with Gasteiger partial charge in [-0.1, -0.05) is 30.7 Å². The van der Waals surface area contributed by atoms with Gasteiger partial charge in [0.1, 0.15) is 11.6 Å². The van der Waals surface area contributed by atoms with E-state index < -0.39 is 17.7 Å². The molecule has 0 aliphatic heterocycles. The Hall–Kier alpha value is -1.45. The molecule has 4 heteroatoms. The molecule has 106 valence electrons. The van der Waals surface area contributed by atoms with Gasteiger partial charge in [0.2, 0.25) is 0 Å². The number of nitrogens with one attached hydrogen (secondary N) is 1. The molecule has 1 nitrogen and oxygen atoms in total. The van der Waals surface area contributed by atoms with Gasteiger partial charge in [0, 0.05) is 10.6 Å². The number of hydrogen-bond acceptors (Lipinski definition) is 1. The second kappa shape index (κ2) is 6.33. The van der Waals surface area contributed by atoms with Crippen LogP contribution in [0.1, 0.15) is 29.7 Å².